The zero-order valence-electron chi connectivity index (χ0n) is 15.3. The summed E-state index contributed by atoms with van der Waals surface area (Å²) in [6.45, 7) is 8.90. The van der Waals surface area contributed by atoms with Crippen LogP contribution in [0.3, 0.4) is 0 Å². The van der Waals surface area contributed by atoms with E-state index in [4.69, 9.17) is 0 Å². The number of nitrogens with one attached hydrogen (secondary N) is 2. The van der Waals surface area contributed by atoms with Gasteiger partial charge in [0.05, 0.1) is 15.9 Å². The number of hydrogen-bond donors (Lipinski definition) is 2. The van der Waals surface area contributed by atoms with Gasteiger partial charge in [0.15, 0.2) is 5.65 Å². The van der Waals surface area contributed by atoms with E-state index in [1.54, 1.807) is 6.33 Å². The van der Waals surface area contributed by atoms with Gasteiger partial charge in [0.1, 0.15) is 6.33 Å². The number of rotatable bonds is 3. The number of thiophene rings is 1. The van der Waals surface area contributed by atoms with Crippen LogP contribution in [0.4, 0.5) is 0 Å². The monoisotopic (exact) mass is 365 g/mol. The fraction of sp³-hybridized carbons (Fsp3) is 0.400. The molecule has 0 amide bonds. The molecule has 5 heterocycles. The molecule has 1 aliphatic heterocycles. The normalized spacial score (nSPS) is 17.9. The van der Waals surface area contributed by atoms with Crippen LogP contribution in [0.5, 0.6) is 0 Å². The number of fused-ring (bicyclic) bond motifs is 2. The average Bonchev–Trinajstić information content (AvgIpc) is 3.35. The molecule has 1 atom stereocenters. The lowest BCUT2D eigenvalue weighted by Gasteiger charge is -2.10. The molecule has 6 heteroatoms. The second-order valence-corrected chi connectivity index (χ2v) is 8.67. The lowest BCUT2D eigenvalue weighted by molar-refractivity contribution is 0.779. The number of aromatic amines is 1. The molecule has 1 fully saturated rings. The van der Waals surface area contributed by atoms with E-state index < -0.39 is 0 Å². The van der Waals surface area contributed by atoms with E-state index in [-0.39, 0.29) is 0 Å². The van der Waals surface area contributed by atoms with Gasteiger partial charge in [-0.3, -0.25) is 0 Å². The van der Waals surface area contributed by atoms with Gasteiger partial charge in [-0.15, -0.1) is 11.3 Å². The summed E-state index contributed by atoms with van der Waals surface area (Å²) in [6.07, 6.45) is 4.94. The maximum Gasteiger partial charge on any atom is 0.158 e. The smallest absolute Gasteiger partial charge is 0.158 e. The van der Waals surface area contributed by atoms with E-state index in [9.17, 15) is 0 Å². The molecule has 26 heavy (non-hydrogen) atoms. The molecule has 134 valence electrons. The molecule has 0 saturated carbocycles. The molecule has 5 nitrogen and oxygen atoms in total. The number of aryl methyl sites for hydroxylation is 1. The predicted molar refractivity (Wildman–Crippen MR) is 107 cm³/mol. The molecule has 1 saturated heterocycles. The lowest BCUT2D eigenvalue weighted by atomic mass is 9.99. The van der Waals surface area contributed by atoms with Crippen LogP contribution in [-0.2, 0) is 0 Å². The Hall–Kier alpha value is -2.18. The van der Waals surface area contributed by atoms with Gasteiger partial charge in [-0.05, 0) is 49.1 Å². The van der Waals surface area contributed by atoms with Crippen LogP contribution >= 0.6 is 11.3 Å². The average molecular weight is 366 g/mol. The Morgan fingerprint density at radius 1 is 1.31 bits per heavy atom. The van der Waals surface area contributed by atoms with Crippen LogP contribution in [0.25, 0.3) is 27.1 Å². The fourth-order valence-electron chi connectivity index (χ4n) is 4.13. The Labute approximate surface area is 156 Å². The van der Waals surface area contributed by atoms with Gasteiger partial charge >= 0.3 is 0 Å². The molecule has 4 aromatic rings. The van der Waals surface area contributed by atoms with Gasteiger partial charge < -0.3 is 10.3 Å². The van der Waals surface area contributed by atoms with Crippen molar-refractivity contribution in [1.82, 2.24) is 24.9 Å². The van der Waals surface area contributed by atoms with Crippen molar-refractivity contribution in [2.45, 2.75) is 39.0 Å². The summed E-state index contributed by atoms with van der Waals surface area (Å²) in [5, 5.41) is 7.82. The quantitative estimate of drug-likeness (QED) is 0.564. The maximum atomic E-state index is 4.34. The number of nitrogens with zero attached hydrogens (tertiary/aromatic N) is 3. The third-order valence-electron chi connectivity index (χ3n) is 5.41. The minimum absolute atomic E-state index is 0.457. The Morgan fingerprint density at radius 2 is 2.19 bits per heavy atom. The standard InChI is InChI=1S/C20H23N5S/c1-11(2)17-18(14-6-12(3)20-22-10-23-25(20)9-14)24-15-7-16(26-19(15)17)13-4-5-21-8-13/h6-7,9-11,13,21,24H,4-5,8H2,1-3H3. The second kappa shape index (κ2) is 5.93. The van der Waals surface area contributed by atoms with Crippen LogP contribution in [0, 0.1) is 6.92 Å². The Morgan fingerprint density at radius 3 is 2.96 bits per heavy atom. The van der Waals surface area contributed by atoms with Crippen molar-refractivity contribution in [3.05, 3.63) is 40.7 Å². The maximum absolute atomic E-state index is 4.34. The molecule has 1 unspecified atom stereocenters. The van der Waals surface area contributed by atoms with Crippen molar-refractivity contribution >= 4 is 27.2 Å². The number of aromatic nitrogens is 4. The molecule has 5 rings (SSSR count). The van der Waals surface area contributed by atoms with Gasteiger partial charge in [0.25, 0.3) is 0 Å². The number of pyridine rings is 1. The molecule has 0 aromatic carbocycles. The second-order valence-electron chi connectivity index (χ2n) is 7.59. The zero-order chi connectivity index (χ0) is 17.8. The van der Waals surface area contributed by atoms with Gasteiger partial charge in [0.2, 0.25) is 0 Å². The Balaban J connectivity index is 1.68. The SMILES string of the molecule is Cc1cc(-c2[nH]c3cc(C4CCNC4)sc3c2C(C)C)cn2ncnc12. The summed E-state index contributed by atoms with van der Waals surface area (Å²) in [7, 11) is 0. The largest absolute Gasteiger partial charge is 0.354 e. The summed E-state index contributed by atoms with van der Waals surface area (Å²) in [6, 6.07) is 4.58. The topological polar surface area (TPSA) is 58.0 Å². The van der Waals surface area contributed by atoms with Crippen LogP contribution in [0.2, 0.25) is 0 Å². The Bertz CT molecular complexity index is 1090. The summed E-state index contributed by atoms with van der Waals surface area (Å²) in [4.78, 5) is 9.56. The van der Waals surface area contributed by atoms with Crippen molar-refractivity contribution < 1.29 is 0 Å². The molecule has 1 aliphatic rings. The van der Waals surface area contributed by atoms with Crippen LogP contribution in [-0.4, -0.2) is 32.7 Å². The molecular weight excluding hydrogens is 342 g/mol. The molecular formula is C20H23N5S. The molecule has 0 bridgehead atoms. The molecule has 0 spiro atoms. The minimum atomic E-state index is 0.457. The summed E-state index contributed by atoms with van der Waals surface area (Å²) in [5.41, 5.74) is 7.15. The summed E-state index contributed by atoms with van der Waals surface area (Å²) >= 11 is 1.97. The van der Waals surface area contributed by atoms with E-state index in [2.05, 4.69) is 59.5 Å². The van der Waals surface area contributed by atoms with Gasteiger partial charge in [0, 0.05) is 29.1 Å². The van der Waals surface area contributed by atoms with Crippen LogP contribution < -0.4 is 5.32 Å². The predicted octanol–water partition coefficient (Wildman–Crippen LogP) is 4.45. The van der Waals surface area contributed by atoms with E-state index in [1.165, 1.54) is 38.3 Å². The highest BCUT2D eigenvalue weighted by atomic mass is 32.1. The first-order valence-corrected chi connectivity index (χ1v) is 10.1. The third-order valence-corrected chi connectivity index (χ3v) is 6.74. The number of H-pyrrole nitrogens is 1. The van der Waals surface area contributed by atoms with Gasteiger partial charge in [-0.1, -0.05) is 13.8 Å². The zero-order valence-corrected chi connectivity index (χ0v) is 16.2. The highest BCUT2D eigenvalue weighted by Crippen LogP contribution is 2.42. The van der Waals surface area contributed by atoms with Crippen LogP contribution in [0.15, 0.2) is 24.7 Å². The van der Waals surface area contributed by atoms with Crippen molar-refractivity contribution in [3.8, 4) is 11.3 Å². The fourth-order valence-corrected chi connectivity index (χ4v) is 5.57. The number of hydrogen-bond acceptors (Lipinski definition) is 4. The minimum Gasteiger partial charge on any atom is -0.354 e. The molecule has 0 radical (unpaired) electrons. The van der Waals surface area contributed by atoms with E-state index in [0.29, 0.717) is 11.8 Å². The van der Waals surface area contributed by atoms with Crippen molar-refractivity contribution in [1.29, 1.82) is 0 Å². The highest BCUT2D eigenvalue weighted by Gasteiger charge is 2.23. The van der Waals surface area contributed by atoms with Crippen molar-refractivity contribution in [2.24, 2.45) is 0 Å². The van der Waals surface area contributed by atoms with Crippen LogP contribution in [0.1, 0.15) is 48.1 Å². The van der Waals surface area contributed by atoms with Crippen molar-refractivity contribution in [3.63, 3.8) is 0 Å². The summed E-state index contributed by atoms with van der Waals surface area (Å²) in [5.74, 6) is 1.12. The highest BCUT2D eigenvalue weighted by molar-refractivity contribution is 7.19. The van der Waals surface area contributed by atoms with E-state index in [0.717, 1.165) is 24.3 Å². The van der Waals surface area contributed by atoms with Gasteiger partial charge in [-0.25, -0.2) is 9.50 Å². The Kier molecular flexibility index (Phi) is 3.65. The summed E-state index contributed by atoms with van der Waals surface area (Å²) < 4.78 is 3.28. The molecule has 0 aliphatic carbocycles. The lowest BCUT2D eigenvalue weighted by Crippen LogP contribution is -2.07. The first-order chi connectivity index (χ1) is 12.6. The van der Waals surface area contributed by atoms with Crippen molar-refractivity contribution in [2.75, 3.05) is 13.1 Å². The molecule has 4 aromatic heterocycles. The van der Waals surface area contributed by atoms with E-state index in [1.807, 2.05) is 15.9 Å². The van der Waals surface area contributed by atoms with Gasteiger partial charge in [-0.2, -0.15) is 5.10 Å². The third kappa shape index (κ3) is 2.40. The van der Waals surface area contributed by atoms with E-state index >= 15 is 0 Å². The first-order valence-electron chi connectivity index (χ1n) is 9.28. The first kappa shape index (κ1) is 16.0. The molecule has 2 N–H and O–H groups in total.